The molecule has 0 bridgehead atoms. The largest absolute Gasteiger partial charge is 0.497 e. The van der Waals surface area contributed by atoms with E-state index in [4.69, 9.17) is 14.2 Å². The van der Waals surface area contributed by atoms with E-state index in [1.165, 1.54) is 11.3 Å². The Morgan fingerprint density at radius 1 is 0.963 bits per heavy atom. The van der Waals surface area contributed by atoms with Gasteiger partial charge in [-0.3, -0.25) is 4.79 Å². The first-order valence-corrected chi connectivity index (χ1v) is 8.91. The highest BCUT2D eigenvalue weighted by Crippen LogP contribution is 2.32. The molecule has 0 fully saturated rings. The quantitative estimate of drug-likeness (QED) is 0.635. The zero-order chi connectivity index (χ0) is 19.2. The lowest BCUT2D eigenvalue weighted by molar-refractivity contribution is 0.102. The summed E-state index contributed by atoms with van der Waals surface area (Å²) in [5.41, 5.74) is 1.62. The third-order valence-corrected chi connectivity index (χ3v) is 4.50. The summed E-state index contributed by atoms with van der Waals surface area (Å²) in [5, 5.41) is 8.22. The minimum Gasteiger partial charge on any atom is -0.497 e. The highest BCUT2D eigenvalue weighted by Gasteiger charge is 2.14. The average molecular weight is 385 g/mol. The first-order valence-electron chi connectivity index (χ1n) is 8.03. The molecule has 0 radical (unpaired) electrons. The molecule has 0 aliphatic heterocycles. The molecule has 0 unspecified atom stereocenters. The molecule has 0 aliphatic rings. The summed E-state index contributed by atoms with van der Waals surface area (Å²) in [7, 11) is 4.72. The van der Waals surface area contributed by atoms with Crippen LogP contribution in [0.5, 0.6) is 17.2 Å². The fourth-order valence-corrected chi connectivity index (χ4v) is 3.09. The summed E-state index contributed by atoms with van der Waals surface area (Å²) in [6.07, 6.45) is 0. The number of para-hydroxylation sites is 2. The molecule has 1 amide bonds. The standard InChI is InChI=1S/C19H19N3O4S/c1-24-12-8-9-14(17(10-12)26-3)21-19-22-15(11-27-19)18(23)20-13-6-4-5-7-16(13)25-2/h4-11H,1-3H3,(H,20,23)(H,21,22). The summed E-state index contributed by atoms with van der Waals surface area (Å²) >= 11 is 1.32. The van der Waals surface area contributed by atoms with Gasteiger partial charge >= 0.3 is 0 Å². The van der Waals surface area contributed by atoms with Gasteiger partial charge in [0.15, 0.2) is 5.13 Å². The Hall–Kier alpha value is -3.26. The molecular weight excluding hydrogens is 366 g/mol. The summed E-state index contributed by atoms with van der Waals surface area (Å²) in [5.74, 6) is 1.57. The predicted octanol–water partition coefficient (Wildman–Crippen LogP) is 4.16. The lowest BCUT2D eigenvalue weighted by Crippen LogP contribution is -2.13. The molecule has 27 heavy (non-hydrogen) atoms. The second-order valence-corrected chi connectivity index (χ2v) is 6.24. The van der Waals surface area contributed by atoms with Crippen LogP contribution in [0.15, 0.2) is 47.8 Å². The van der Waals surface area contributed by atoms with Crippen LogP contribution >= 0.6 is 11.3 Å². The van der Waals surface area contributed by atoms with Crippen LogP contribution in [0.1, 0.15) is 10.5 Å². The van der Waals surface area contributed by atoms with Gasteiger partial charge in [-0.05, 0) is 24.3 Å². The fraction of sp³-hybridized carbons (Fsp3) is 0.158. The molecule has 0 saturated heterocycles. The SMILES string of the molecule is COc1ccc(Nc2nc(C(=O)Nc3ccccc3OC)cs2)c(OC)c1. The normalized spacial score (nSPS) is 10.2. The number of thiazole rings is 1. The summed E-state index contributed by atoms with van der Waals surface area (Å²) < 4.78 is 15.8. The van der Waals surface area contributed by atoms with Crippen molar-refractivity contribution < 1.29 is 19.0 Å². The third-order valence-electron chi connectivity index (χ3n) is 3.74. The number of amides is 1. The van der Waals surface area contributed by atoms with Crippen molar-refractivity contribution in [2.75, 3.05) is 32.0 Å². The first kappa shape index (κ1) is 18.5. The minimum absolute atomic E-state index is 0.306. The number of carbonyl (C=O) groups excluding carboxylic acids is 1. The molecule has 3 aromatic rings. The van der Waals surface area contributed by atoms with E-state index < -0.39 is 0 Å². The molecule has 0 aliphatic carbocycles. The van der Waals surface area contributed by atoms with Crippen molar-refractivity contribution in [3.8, 4) is 17.2 Å². The molecule has 0 atom stereocenters. The second kappa shape index (κ2) is 8.41. The zero-order valence-corrected chi connectivity index (χ0v) is 15.9. The van der Waals surface area contributed by atoms with Crippen molar-refractivity contribution in [3.05, 3.63) is 53.5 Å². The van der Waals surface area contributed by atoms with E-state index in [9.17, 15) is 4.79 Å². The summed E-state index contributed by atoms with van der Waals surface area (Å²) in [6, 6.07) is 12.6. The van der Waals surface area contributed by atoms with Crippen molar-refractivity contribution in [1.82, 2.24) is 4.98 Å². The Morgan fingerprint density at radius 2 is 1.74 bits per heavy atom. The van der Waals surface area contributed by atoms with Gasteiger partial charge in [0.2, 0.25) is 0 Å². The molecule has 0 saturated carbocycles. The minimum atomic E-state index is -0.314. The maximum absolute atomic E-state index is 12.5. The Balaban J connectivity index is 1.74. The van der Waals surface area contributed by atoms with Crippen LogP contribution < -0.4 is 24.8 Å². The van der Waals surface area contributed by atoms with Gasteiger partial charge in [0.05, 0.1) is 32.7 Å². The smallest absolute Gasteiger partial charge is 0.275 e. The van der Waals surface area contributed by atoms with Crippen molar-refractivity contribution in [2.24, 2.45) is 0 Å². The van der Waals surface area contributed by atoms with Crippen LogP contribution in [0.3, 0.4) is 0 Å². The van der Waals surface area contributed by atoms with Gasteiger partial charge in [0.1, 0.15) is 22.9 Å². The predicted molar refractivity (Wildman–Crippen MR) is 106 cm³/mol. The molecule has 0 spiro atoms. The van der Waals surface area contributed by atoms with Gasteiger partial charge in [-0.2, -0.15) is 0 Å². The van der Waals surface area contributed by atoms with Gasteiger partial charge in [-0.1, -0.05) is 12.1 Å². The van der Waals surface area contributed by atoms with Crippen LogP contribution in [0.4, 0.5) is 16.5 Å². The van der Waals surface area contributed by atoms with Gasteiger partial charge in [-0.15, -0.1) is 11.3 Å². The second-order valence-electron chi connectivity index (χ2n) is 5.38. The monoisotopic (exact) mass is 385 g/mol. The number of rotatable bonds is 7. The molecule has 7 nitrogen and oxygen atoms in total. The molecular formula is C19H19N3O4S. The molecule has 2 aromatic carbocycles. The van der Waals surface area contributed by atoms with Crippen molar-refractivity contribution in [2.45, 2.75) is 0 Å². The molecule has 1 aromatic heterocycles. The number of carbonyl (C=O) groups is 1. The van der Waals surface area contributed by atoms with E-state index in [1.54, 1.807) is 44.9 Å². The lowest BCUT2D eigenvalue weighted by atomic mass is 10.2. The van der Waals surface area contributed by atoms with E-state index in [1.807, 2.05) is 24.3 Å². The Bertz CT molecular complexity index is 942. The molecule has 1 heterocycles. The number of hydrogen-bond acceptors (Lipinski definition) is 7. The number of anilines is 3. The number of aromatic nitrogens is 1. The van der Waals surface area contributed by atoms with Crippen LogP contribution in [-0.4, -0.2) is 32.2 Å². The average Bonchev–Trinajstić information content (AvgIpc) is 3.17. The Kier molecular flexibility index (Phi) is 5.77. The summed E-state index contributed by atoms with van der Waals surface area (Å²) in [6.45, 7) is 0. The van der Waals surface area contributed by atoms with Crippen molar-refractivity contribution >= 4 is 33.8 Å². The number of benzene rings is 2. The van der Waals surface area contributed by atoms with Gasteiger partial charge in [0, 0.05) is 11.4 Å². The van der Waals surface area contributed by atoms with Crippen LogP contribution in [0.2, 0.25) is 0 Å². The number of nitrogens with zero attached hydrogens (tertiary/aromatic N) is 1. The van der Waals surface area contributed by atoms with E-state index in [0.717, 1.165) is 5.69 Å². The van der Waals surface area contributed by atoms with Gasteiger partial charge < -0.3 is 24.8 Å². The topological polar surface area (TPSA) is 81.7 Å². The highest BCUT2D eigenvalue weighted by atomic mass is 32.1. The number of methoxy groups -OCH3 is 3. The van der Waals surface area contributed by atoms with Gasteiger partial charge in [-0.25, -0.2) is 4.98 Å². The van der Waals surface area contributed by atoms with Crippen molar-refractivity contribution in [1.29, 1.82) is 0 Å². The maximum atomic E-state index is 12.5. The van der Waals surface area contributed by atoms with Crippen LogP contribution in [0, 0.1) is 0 Å². The van der Waals surface area contributed by atoms with E-state index in [-0.39, 0.29) is 5.91 Å². The van der Waals surface area contributed by atoms with E-state index in [2.05, 4.69) is 15.6 Å². The molecule has 3 rings (SSSR count). The van der Waals surface area contributed by atoms with E-state index >= 15 is 0 Å². The highest BCUT2D eigenvalue weighted by molar-refractivity contribution is 7.14. The van der Waals surface area contributed by atoms with Gasteiger partial charge in [0.25, 0.3) is 5.91 Å². The molecule has 140 valence electrons. The number of hydrogen-bond donors (Lipinski definition) is 2. The Morgan fingerprint density at radius 3 is 2.48 bits per heavy atom. The first-order chi connectivity index (χ1) is 13.1. The zero-order valence-electron chi connectivity index (χ0n) is 15.1. The summed E-state index contributed by atoms with van der Waals surface area (Å²) in [4.78, 5) is 16.8. The molecule has 2 N–H and O–H groups in total. The van der Waals surface area contributed by atoms with Crippen LogP contribution in [-0.2, 0) is 0 Å². The fourth-order valence-electron chi connectivity index (χ4n) is 2.39. The number of ether oxygens (including phenoxy) is 3. The maximum Gasteiger partial charge on any atom is 0.275 e. The number of nitrogens with one attached hydrogen (secondary N) is 2. The lowest BCUT2D eigenvalue weighted by Gasteiger charge is -2.10. The van der Waals surface area contributed by atoms with E-state index in [0.29, 0.717) is 33.8 Å². The third kappa shape index (κ3) is 4.29. The van der Waals surface area contributed by atoms with Crippen molar-refractivity contribution in [3.63, 3.8) is 0 Å². The van der Waals surface area contributed by atoms with Crippen LogP contribution in [0.25, 0.3) is 0 Å². The molecule has 8 heteroatoms. The Labute approximate surface area is 160 Å².